The number of esters is 1. The van der Waals surface area contributed by atoms with Crippen LogP contribution in [0.1, 0.15) is 78.6 Å². The van der Waals surface area contributed by atoms with Crippen LogP contribution in [0.4, 0.5) is 0 Å². The lowest BCUT2D eigenvalue weighted by Crippen LogP contribution is -2.58. The quantitative estimate of drug-likeness (QED) is 0.726. The zero-order chi connectivity index (χ0) is 16.0. The van der Waals surface area contributed by atoms with Gasteiger partial charge in [-0.1, -0.05) is 44.9 Å². The molecule has 0 bridgehead atoms. The molecule has 2 rings (SSSR count). The third-order valence-corrected chi connectivity index (χ3v) is 4.88. The maximum atomic E-state index is 11.4. The number of morpholine rings is 1. The van der Waals surface area contributed by atoms with Gasteiger partial charge in [0.2, 0.25) is 5.79 Å². The summed E-state index contributed by atoms with van der Waals surface area (Å²) < 4.78 is 11.4. The molecule has 2 aliphatic rings. The van der Waals surface area contributed by atoms with Gasteiger partial charge < -0.3 is 9.47 Å². The van der Waals surface area contributed by atoms with Gasteiger partial charge in [0.1, 0.15) is 0 Å². The van der Waals surface area contributed by atoms with Gasteiger partial charge in [0, 0.05) is 26.4 Å². The second-order valence-corrected chi connectivity index (χ2v) is 7.29. The maximum absolute atomic E-state index is 11.4. The number of hydrogen-bond acceptors (Lipinski definition) is 4. The highest BCUT2D eigenvalue weighted by Gasteiger charge is 2.40. The van der Waals surface area contributed by atoms with E-state index in [1.807, 2.05) is 6.92 Å². The summed E-state index contributed by atoms with van der Waals surface area (Å²) in [5, 5.41) is 0. The third kappa shape index (κ3) is 5.54. The molecule has 0 aromatic rings. The first-order valence-electron chi connectivity index (χ1n) is 9.10. The van der Waals surface area contributed by atoms with Gasteiger partial charge in [-0.05, 0) is 19.8 Å². The van der Waals surface area contributed by atoms with E-state index in [1.165, 1.54) is 64.7 Å². The van der Waals surface area contributed by atoms with Crippen LogP contribution in [-0.4, -0.2) is 41.9 Å². The lowest BCUT2D eigenvalue weighted by atomic mass is 9.95. The molecule has 1 aliphatic heterocycles. The summed E-state index contributed by atoms with van der Waals surface area (Å²) in [6.45, 7) is 7.08. The zero-order valence-electron chi connectivity index (χ0n) is 14.6. The molecule has 4 heteroatoms. The molecule has 2 atom stereocenters. The topological polar surface area (TPSA) is 38.8 Å². The summed E-state index contributed by atoms with van der Waals surface area (Å²) in [4.78, 5) is 13.9. The van der Waals surface area contributed by atoms with Crippen LogP contribution in [-0.2, 0) is 14.3 Å². The van der Waals surface area contributed by atoms with Crippen LogP contribution in [0.5, 0.6) is 0 Å². The molecule has 1 saturated heterocycles. The predicted molar refractivity (Wildman–Crippen MR) is 87.6 cm³/mol. The van der Waals surface area contributed by atoms with Gasteiger partial charge in [-0.25, -0.2) is 0 Å². The highest BCUT2D eigenvalue weighted by molar-refractivity contribution is 5.66. The van der Waals surface area contributed by atoms with E-state index in [-0.39, 0.29) is 12.1 Å². The van der Waals surface area contributed by atoms with Gasteiger partial charge in [0.15, 0.2) is 0 Å². The molecule has 2 fully saturated rings. The first kappa shape index (κ1) is 17.7. The molecule has 1 saturated carbocycles. The Labute approximate surface area is 135 Å². The van der Waals surface area contributed by atoms with Crippen molar-refractivity contribution in [2.45, 2.75) is 96.5 Å². The number of carbonyl (C=O) groups excluding carboxylic acids is 1. The molecule has 0 aromatic heterocycles. The summed E-state index contributed by atoms with van der Waals surface area (Å²) in [5.74, 6) is -1.05. The minimum atomic E-state index is -0.793. The van der Waals surface area contributed by atoms with Crippen LogP contribution in [0.25, 0.3) is 0 Å². The molecule has 22 heavy (non-hydrogen) atoms. The van der Waals surface area contributed by atoms with Crippen molar-refractivity contribution in [1.29, 1.82) is 0 Å². The number of nitrogens with zero attached hydrogens (tertiary/aromatic N) is 1. The van der Waals surface area contributed by atoms with Crippen molar-refractivity contribution in [3.63, 3.8) is 0 Å². The van der Waals surface area contributed by atoms with E-state index < -0.39 is 5.79 Å². The Morgan fingerprint density at radius 1 is 1.09 bits per heavy atom. The van der Waals surface area contributed by atoms with E-state index in [4.69, 9.17) is 9.47 Å². The Morgan fingerprint density at radius 2 is 1.64 bits per heavy atom. The molecule has 0 amide bonds. The van der Waals surface area contributed by atoms with E-state index in [9.17, 15) is 4.79 Å². The molecular weight excluding hydrogens is 278 g/mol. The second-order valence-electron chi connectivity index (χ2n) is 7.29. The summed E-state index contributed by atoms with van der Waals surface area (Å²) in [5.41, 5.74) is 0. The standard InChI is InChI=1S/C18H33NO3/c1-15-13-19(14-18(3,21-15)22-16(2)20)17-11-9-7-5-4-6-8-10-12-17/h15,17H,4-14H2,1-3H3. The Balaban J connectivity index is 1.98. The van der Waals surface area contributed by atoms with Crippen LogP contribution < -0.4 is 0 Å². The van der Waals surface area contributed by atoms with Crippen LogP contribution >= 0.6 is 0 Å². The van der Waals surface area contributed by atoms with Gasteiger partial charge in [0.05, 0.1) is 12.6 Å². The normalized spacial score (nSPS) is 33.3. The van der Waals surface area contributed by atoms with Crippen LogP contribution in [0, 0.1) is 0 Å². The van der Waals surface area contributed by atoms with Crippen molar-refractivity contribution in [2.75, 3.05) is 13.1 Å². The van der Waals surface area contributed by atoms with Crippen molar-refractivity contribution >= 4 is 5.97 Å². The smallest absolute Gasteiger partial charge is 0.305 e. The maximum Gasteiger partial charge on any atom is 0.305 e. The molecule has 0 spiro atoms. The minimum Gasteiger partial charge on any atom is -0.432 e. The summed E-state index contributed by atoms with van der Waals surface area (Å²) in [6, 6.07) is 0.610. The van der Waals surface area contributed by atoms with Crippen LogP contribution in [0.2, 0.25) is 0 Å². The lowest BCUT2D eigenvalue weighted by Gasteiger charge is -2.45. The number of carbonyl (C=O) groups is 1. The lowest BCUT2D eigenvalue weighted by molar-refractivity contribution is -0.269. The summed E-state index contributed by atoms with van der Waals surface area (Å²) in [6.07, 6.45) is 12.2. The van der Waals surface area contributed by atoms with E-state index >= 15 is 0 Å². The van der Waals surface area contributed by atoms with Crippen molar-refractivity contribution < 1.29 is 14.3 Å². The Kier molecular flexibility index (Phi) is 6.69. The van der Waals surface area contributed by atoms with Gasteiger partial charge in [-0.3, -0.25) is 9.69 Å². The van der Waals surface area contributed by atoms with E-state index in [0.717, 1.165) is 6.54 Å². The fourth-order valence-electron chi connectivity index (χ4n) is 4.06. The van der Waals surface area contributed by atoms with Crippen LogP contribution in [0.15, 0.2) is 0 Å². The first-order valence-corrected chi connectivity index (χ1v) is 9.10. The molecule has 0 aromatic carbocycles. The summed E-state index contributed by atoms with van der Waals surface area (Å²) in [7, 11) is 0. The Hall–Kier alpha value is -0.610. The van der Waals surface area contributed by atoms with E-state index in [1.54, 1.807) is 0 Å². The monoisotopic (exact) mass is 311 g/mol. The van der Waals surface area contributed by atoms with Crippen molar-refractivity contribution in [2.24, 2.45) is 0 Å². The minimum absolute atomic E-state index is 0.105. The molecule has 0 N–H and O–H groups in total. The van der Waals surface area contributed by atoms with Crippen molar-refractivity contribution in [3.8, 4) is 0 Å². The van der Waals surface area contributed by atoms with Crippen molar-refractivity contribution in [1.82, 2.24) is 4.90 Å². The molecule has 0 radical (unpaired) electrons. The fraction of sp³-hybridized carbons (Fsp3) is 0.944. The fourth-order valence-corrected chi connectivity index (χ4v) is 4.06. The van der Waals surface area contributed by atoms with Gasteiger partial charge in [-0.2, -0.15) is 0 Å². The first-order chi connectivity index (χ1) is 10.5. The highest BCUT2D eigenvalue weighted by atomic mass is 16.7. The average molecular weight is 311 g/mol. The van der Waals surface area contributed by atoms with Crippen LogP contribution in [0.3, 0.4) is 0 Å². The number of rotatable bonds is 2. The molecule has 1 aliphatic carbocycles. The van der Waals surface area contributed by atoms with Gasteiger partial charge in [0.25, 0.3) is 0 Å². The Morgan fingerprint density at radius 3 is 2.18 bits per heavy atom. The largest absolute Gasteiger partial charge is 0.432 e. The van der Waals surface area contributed by atoms with E-state index in [2.05, 4.69) is 11.8 Å². The zero-order valence-corrected chi connectivity index (χ0v) is 14.6. The number of ether oxygens (including phenoxy) is 2. The predicted octanol–water partition coefficient (Wildman–Crippen LogP) is 3.88. The average Bonchev–Trinajstić information content (AvgIpc) is 2.42. The second kappa shape index (κ2) is 8.30. The summed E-state index contributed by atoms with van der Waals surface area (Å²) >= 11 is 0. The van der Waals surface area contributed by atoms with Gasteiger partial charge >= 0.3 is 5.97 Å². The SMILES string of the molecule is CC(=O)OC1(C)CN(C2CCCCCCCCC2)CC(C)O1. The molecule has 128 valence electrons. The number of hydrogen-bond donors (Lipinski definition) is 0. The Bertz CT molecular complexity index is 350. The molecular formula is C18H33NO3. The molecule has 4 nitrogen and oxygen atoms in total. The molecule has 1 heterocycles. The highest BCUT2D eigenvalue weighted by Crippen LogP contribution is 2.28. The van der Waals surface area contributed by atoms with Crippen molar-refractivity contribution in [3.05, 3.63) is 0 Å². The molecule has 2 unspecified atom stereocenters. The van der Waals surface area contributed by atoms with E-state index in [0.29, 0.717) is 12.6 Å². The third-order valence-electron chi connectivity index (χ3n) is 4.88. The van der Waals surface area contributed by atoms with Gasteiger partial charge in [-0.15, -0.1) is 0 Å².